The number of aryl methyl sites for hydroxylation is 1. The van der Waals surface area contributed by atoms with Crippen molar-refractivity contribution in [1.29, 1.82) is 0 Å². The summed E-state index contributed by atoms with van der Waals surface area (Å²) in [4.78, 5) is 20.1. The van der Waals surface area contributed by atoms with E-state index in [0.29, 0.717) is 11.5 Å². The highest BCUT2D eigenvalue weighted by atomic mass is 19.4. The van der Waals surface area contributed by atoms with Crippen LogP contribution in [0.5, 0.6) is 0 Å². The summed E-state index contributed by atoms with van der Waals surface area (Å²) in [7, 11) is 0. The van der Waals surface area contributed by atoms with E-state index in [2.05, 4.69) is 9.97 Å². The monoisotopic (exact) mass is 275 g/mol. The number of halogens is 3. The van der Waals surface area contributed by atoms with E-state index in [-0.39, 0.29) is 6.54 Å². The summed E-state index contributed by atoms with van der Waals surface area (Å²) in [5, 5.41) is 8.94. The lowest BCUT2D eigenvalue weighted by Gasteiger charge is -2.27. The minimum Gasteiger partial charge on any atom is -0.481 e. The Labute approximate surface area is 107 Å². The zero-order valence-electron chi connectivity index (χ0n) is 10.1. The average molecular weight is 275 g/mol. The second kappa shape index (κ2) is 4.36. The third kappa shape index (κ3) is 2.22. The van der Waals surface area contributed by atoms with Gasteiger partial charge >= 0.3 is 12.1 Å². The van der Waals surface area contributed by atoms with Gasteiger partial charge in [-0.25, -0.2) is 9.97 Å². The van der Waals surface area contributed by atoms with Gasteiger partial charge < -0.3 is 10.0 Å². The van der Waals surface area contributed by atoms with E-state index in [1.54, 1.807) is 6.92 Å². The normalized spacial score (nSPS) is 23.7. The van der Waals surface area contributed by atoms with E-state index in [9.17, 15) is 18.0 Å². The van der Waals surface area contributed by atoms with E-state index in [0.717, 1.165) is 0 Å². The highest BCUT2D eigenvalue weighted by Gasteiger charge is 2.63. The Morgan fingerprint density at radius 3 is 2.63 bits per heavy atom. The van der Waals surface area contributed by atoms with Gasteiger partial charge in [0.2, 0.25) is 0 Å². The maximum Gasteiger partial charge on any atom is 0.406 e. The molecule has 0 radical (unpaired) electrons. The number of alkyl halides is 3. The molecule has 5 nitrogen and oxygen atoms in total. The van der Waals surface area contributed by atoms with Crippen LogP contribution in [-0.4, -0.2) is 40.3 Å². The smallest absolute Gasteiger partial charge is 0.406 e. The van der Waals surface area contributed by atoms with Crippen LogP contribution in [0.4, 0.5) is 19.0 Å². The van der Waals surface area contributed by atoms with E-state index in [1.165, 1.54) is 17.3 Å². The molecule has 1 aromatic heterocycles. The van der Waals surface area contributed by atoms with Gasteiger partial charge in [0.15, 0.2) is 5.41 Å². The van der Waals surface area contributed by atoms with Crippen LogP contribution in [0, 0.1) is 12.3 Å². The van der Waals surface area contributed by atoms with Crippen molar-refractivity contribution in [3.63, 3.8) is 0 Å². The SMILES string of the molecule is Cc1cc(N2CCC(C(=O)O)(C(F)(F)F)C2)ncn1. The number of hydrogen-bond donors (Lipinski definition) is 1. The van der Waals surface area contributed by atoms with Crippen LogP contribution in [0.1, 0.15) is 12.1 Å². The van der Waals surface area contributed by atoms with Crippen molar-refractivity contribution in [3.05, 3.63) is 18.1 Å². The minimum absolute atomic E-state index is 0.00225. The lowest BCUT2D eigenvalue weighted by Crippen LogP contribution is -2.47. The second-order valence-electron chi connectivity index (χ2n) is 4.57. The summed E-state index contributed by atoms with van der Waals surface area (Å²) in [5.74, 6) is -1.52. The van der Waals surface area contributed by atoms with E-state index in [1.807, 2.05) is 0 Å². The molecule has 1 aromatic rings. The molecule has 19 heavy (non-hydrogen) atoms. The molecule has 0 amide bonds. The lowest BCUT2D eigenvalue weighted by atomic mass is 9.86. The molecule has 2 rings (SSSR count). The lowest BCUT2D eigenvalue weighted by molar-refractivity contribution is -0.225. The first kappa shape index (κ1) is 13.6. The Hall–Kier alpha value is -1.86. The average Bonchev–Trinajstić information content (AvgIpc) is 2.74. The number of hydrogen-bond acceptors (Lipinski definition) is 4. The summed E-state index contributed by atoms with van der Waals surface area (Å²) < 4.78 is 39.0. The fourth-order valence-electron chi connectivity index (χ4n) is 2.15. The van der Waals surface area contributed by atoms with Gasteiger partial charge in [0.1, 0.15) is 12.1 Å². The third-order valence-electron chi connectivity index (χ3n) is 3.33. The number of carboxylic acids is 1. The number of aromatic nitrogens is 2. The summed E-state index contributed by atoms with van der Waals surface area (Å²) in [6.45, 7) is 1.07. The predicted octanol–water partition coefficient (Wildman–Crippen LogP) is 1.63. The first-order valence-corrected chi connectivity index (χ1v) is 5.60. The van der Waals surface area contributed by atoms with Crippen LogP contribution in [0.25, 0.3) is 0 Å². The first-order chi connectivity index (χ1) is 8.76. The molecule has 1 aliphatic heterocycles. The van der Waals surface area contributed by atoms with Crippen LogP contribution in [0.15, 0.2) is 12.4 Å². The van der Waals surface area contributed by atoms with Gasteiger partial charge in [-0.05, 0) is 13.3 Å². The molecule has 0 aliphatic carbocycles. The largest absolute Gasteiger partial charge is 0.481 e. The minimum atomic E-state index is -4.78. The molecular formula is C11H12F3N3O2. The molecule has 1 atom stereocenters. The first-order valence-electron chi connectivity index (χ1n) is 5.60. The van der Waals surface area contributed by atoms with Gasteiger partial charge in [-0.2, -0.15) is 13.2 Å². The molecule has 1 aliphatic rings. The highest BCUT2D eigenvalue weighted by molar-refractivity contribution is 5.77. The third-order valence-corrected chi connectivity index (χ3v) is 3.33. The van der Waals surface area contributed by atoms with Crippen molar-refractivity contribution >= 4 is 11.8 Å². The molecule has 1 saturated heterocycles. The fourth-order valence-corrected chi connectivity index (χ4v) is 2.15. The topological polar surface area (TPSA) is 66.3 Å². The second-order valence-corrected chi connectivity index (χ2v) is 4.57. The summed E-state index contributed by atoms with van der Waals surface area (Å²) in [5.41, 5.74) is -2.10. The van der Waals surface area contributed by atoms with E-state index < -0.39 is 30.5 Å². The Bertz CT molecular complexity index is 506. The van der Waals surface area contributed by atoms with Crippen molar-refractivity contribution in [2.75, 3.05) is 18.0 Å². The van der Waals surface area contributed by atoms with Crippen molar-refractivity contribution in [3.8, 4) is 0 Å². The standard InChI is InChI=1S/C11H12F3N3O2/c1-7-4-8(16-6-15-7)17-3-2-10(5-17,9(18)19)11(12,13)14/h4,6H,2-3,5H2,1H3,(H,18,19). The maximum absolute atomic E-state index is 13.0. The van der Waals surface area contributed by atoms with Crippen molar-refractivity contribution in [2.24, 2.45) is 5.41 Å². The van der Waals surface area contributed by atoms with Gasteiger partial charge in [-0.3, -0.25) is 4.79 Å². The number of carboxylic acid groups (broad SMARTS) is 1. The van der Waals surface area contributed by atoms with Crippen LogP contribution in [0.2, 0.25) is 0 Å². The fraction of sp³-hybridized carbons (Fsp3) is 0.545. The van der Waals surface area contributed by atoms with Crippen molar-refractivity contribution < 1.29 is 23.1 Å². The molecule has 1 N–H and O–H groups in total. The maximum atomic E-state index is 13.0. The number of nitrogens with zero attached hydrogens (tertiary/aromatic N) is 3. The zero-order chi connectivity index (χ0) is 14.3. The van der Waals surface area contributed by atoms with E-state index in [4.69, 9.17) is 5.11 Å². The quantitative estimate of drug-likeness (QED) is 0.888. The summed E-state index contributed by atoms with van der Waals surface area (Å²) in [6.07, 6.45) is -4.01. The van der Waals surface area contributed by atoms with Gasteiger partial charge in [-0.15, -0.1) is 0 Å². The molecule has 104 valence electrons. The Kier molecular flexibility index (Phi) is 3.11. The van der Waals surface area contributed by atoms with Crippen LogP contribution < -0.4 is 4.90 Å². The molecule has 1 fully saturated rings. The molecule has 0 saturated carbocycles. The Morgan fingerprint density at radius 1 is 1.47 bits per heavy atom. The Balaban J connectivity index is 2.30. The summed E-state index contributed by atoms with van der Waals surface area (Å²) in [6, 6.07) is 1.54. The zero-order valence-corrected chi connectivity index (χ0v) is 10.1. The highest BCUT2D eigenvalue weighted by Crippen LogP contribution is 2.46. The van der Waals surface area contributed by atoms with Crippen LogP contribution in [0.3, 0.4) is 0 Å². The van der Waals surface area contributed by atoms with Gasteiger partial charge in [-0.1, -0.05) is 0 Å². The van der Waals surface area contributed by atoms with Crippen molar-refractivity contribution in [2.45, 2.75) is 19.5 Å². The van der Waals surface area contributed by atoms with Gasteiger partial charge in [0.25, 0.3) is 0 Å². The van der Waals surface area contributed by atoms with Gasteiger partial charge in [0.05, 0.1) is 0 Å². The molecule has 1 unspecified atom stereocenters. The number of rotatable bonds is 2. The van der Waals surface area contributed by atoms with Gasteiger partial charge in [0, 0.05) is 24.8 Å². The number of aliphatic carboxylic acids is 1. The molecular weight excluding hydrogens is 263 g/mol. The molecule has 0 spiro atoms. The molecule has 8 heteroatoms. The number of anilines is 1. The van der Waals surface area contributed by atoms with Crippen molar-refractivity contribution in [1.82, 2.24) is 9.97 Å². The predicted molar refractivity (Wildman–Crippen MR) is 59.7 cm³/mol. The molecule has 0 bridgehead atoms. The molecule has 0 aromatic carbocycles. The molecule has 2 heterocycles. The van der Waals surface area contributed by atoms with Crippen LogP contribution >= 0.6 is 0 Å². The summed E-state index contributed by atoms with van der Waals surface area (Å²) >= 11 is 0. The van der Waals surface area contributed by atoms with E-state index >= 15 is 0 Å². The Morgan fingerprint density at radius 2 is 2.16 bits per heavy atom. The number of carbonyl (C=O) groups is 1. The van der Waals surface area contributed by atoms with Crippen LogP contribution in [-0.2, 0) is 4.79 Å².